The van der Waals surface area contributed by atoms with Crippen LogP contribution in [0.3, 0.4) is 0 Å². The molecule has 0 bridgehead atoms. The van der Waals surface area contributed by atoms with Crippen molar-refractivity contribution in [3.63, 3.8) is 0 Å². The van der Waals surface area contributed by atoms with Gasteiger partial charge in [0.25, 0.3) is 0 Å². The van der Waals surface area contributed by atoms with Crippen LogP contribution in [0, 0.1) is 5.82 Å². The molecule has 80 valence electrons. The first-order valence-corrected chi connectivity index (χ1v) is 4.85. The fraction of sp³-hybridized carbons (Fsp3) is 0.182. The van der Waals surface area contributed by atoms with Crippen molar-refractivity contribution in [1.29, 1.82) is 0 Å². The molecule has 0 aromatic heterocycles. The molecule has 1 aromatic rings. The normalized spacial score (nSPS) is 10.6. The monoisotopic (exact) mass is 227 g/mol. The number of benzene rings is 1. The molecule has 1 amide bonds. The van der Waals surface area contributed by atoms with Crippen molar-refractivity contribution in [2.75, 3.05) is 0 Å². The summed E-state index contributed by atoms with van der Waals surface area (Å²) in [6, 6.07) is 4.36. The third kappa shape index (κ3) is 3.72. The maximum atomic E-state index is 13.2. The zero-order chi connectivity index (χ0) is 11.3. The van der Waals surface area contributed by atoms with Crippen LogP contribution in [-0.2, 0) is 11.3 Å². The Balaban J connectivity index is 2.62. The van der Waals surface area contributed by atoms with Crippen molar-refractivity contribution >= 4 is 17.5 Å². The van der Waals surface area contributed by atoms with Crippen LogP contribution in [0.25, 0.3) is 0 Å². The smallest absolute Gasteiger partial charge is 0.243 e. The summed E-state index contributed by atoms with van der Waals surface area (Å²) in [7, 11) is 0. The van der Waals surface area contributed by atoms with E-state index in [1.807, 2.05) is 0 Å². The molecule has 0 atom stereocenters. The van der Waals surface area contributed by atoms with Crippen LogP contribution in [0.1, 0.15) is 12.5 Å². The summed E-state index contributed by atoms with van der Waals surface area (Å²) >= 11 is 5.59. The van der Waals surface area contributed by atoms with E-state index in [0.29, 0.717) is 10.6 Å². The molecule has 15 heavy (non-hydrogen) atoms. The average Bonchev–Trinajstić information content (AvgIpc) is 2.17. The third-order valence-corrected chi connectivity index (χ3v) is 2.02. The highest BCUT2D eigenvalue weighted by Crippen LogP contribution is 2.14. The number of carbonyl (C=O) groups is 1. The van der Waals surface area contributed by atoms with Crippen LogP contribution < -0.4 is 5.32 Å². The number of allylic oxidation sites excluding steroid dienone is 1. The van der Waals surface area contributed by atoms with E-state index in [0.717, 1.165) is 0 Å². The number of nitrogens with one attached hydrogen (secondary N) is 1. The zero-order valence-electron chi connectivity index (χ0n) is 8.26. The number of carbonyl (C=O) groups excluding carboxylic acids is 1. The number of halogens is 2. The summed E-state index contributed by atoms with van der Waals surface area (Å²) in [6.45, 7) is 1.90. The van der Waals surface area contributed by atoms with Crippen LogP contribution in [0.4, 0.5) is 4.39 Å². The second kappa shape index (κ2) is 5.51. The molecule has 0 saturated carbocycles. The SMILES string of the molecule is C/C=C/C(=O)NCc1ccc(Cl)cc1F. The van der Waals surface area contributed by atoms with Crippen molar-refractivity contribution in [2.24, 2.45) is 0 Å². The van der Waals surface area contributed by atoms with Gasteiger partial charge in [-0.05, 0) is 25.1 Å². The van der Waals surface area contributed by atoms with Crippen LogP contribution in [0.15, 0.2) is 30.4 Å². The summed E-state index contributed by atoms with van der Waals surface area (Å²) in [5.41, 5.74) is 0.414. The molecule has 0 saturated heterocycles. The summed E-state index contributed by atoms with van der Waals surface area (Å²) < 4.78 is 13.2. The van der Waals surface area contributed by atoms with Gasteiger partial charge in [0.05, 0.1) is 0 Å². The summed E-state index contributed by atoms with van der Waals surface area (Å²) in [5, 5.41) is 2.89. The Morgan fingerprint density at radius 1 is 1.60 bits per heavy atom. The topological polar surface area (TPSA) is 29.1 Å². The Labute approximate surface area is 92.7 Å². The van der Waals surface area contributed by atoms with Crippen LogP contribution >= 0.6 is 11.6 Å². The van der Waals surface area contributed by atoms with Gasteiger partial charge in [-0.3, -0.25) is 4.79 Å². The van der Waals surface area contributed by atoms with Gasteiger partial charge in [0.1, 0.15) is 5.82 Å². The molecule has 2 nitrogen and oxygen atoms in total. The van der Waals surface area contributed by atoms with Crippen molar-refractivity contribution < 1.29 is 9.18 Å². The van der Waals surface area contributed by atoms with Gasteiger partial charge in [0.2, 0.25) is 5.91 Å². The molecule has 1 rings (SSSR count). The standard InChI is InChI=1S/C11H11ClFNO/c1-2-3-11(15)14-7-8-4-5-9(12)6-10(8)13/h2-6H,7H2,1H3,(H,14,15)/b3-2+. The van der Waals surface area contributed by atoms with Crippen LogP contribution in [-0.4, -0.2) is 5.91 Å². The molecular formula is C11H11ClFNO. The van der Waals surface area contributed by atoms with Crippen molar-refractivity contribution in [2.45, 2.75) is 13.5 Å². The van der Waals surface area contributed by atoms with Gasteiger partial charge in [-0.2, -0.15) is 0 Å². The highest BCUT2D eigenvalue weighted by molar-refractivity contribution is 6.30. The molecular weight excluding hydrogens is 217 g/mol. The van der Waals surface area contributed by atoms with Gasteiger partial charge in [-0.25, -0.2) is 4.39 Å². The molecule has 0 fully saturated rings. The van der Waals surface area contributed by atoms with E-state index >= 15 is 0 Å². The number of hydrogen-bond donors (Lipinski definition) is 1. The quantitative estimate of drug-likeness (QED) is 0.791. The van der Waals surface area contributed by atoms with E-state index in [1.165, 1.54) is 12.1 Å². The second-order valence-electron chi connectivity index (χ2n) is 2.95. The lowest BCUT2D eigenvalue weighted by molar-refractivity contribution is -0.116. The fourth-order valence-electron chi connectivity index (χ4n) is 1.06. The molecule has 0 aliphatic heterocycles. The number of rotatable bonds is 3. The Morgan fingerprint density at radius 2 is 2.33 bits per heavy atom. The predicted molar refractivity (Wildman–Crippen MR) is 58.1 cm³/mol. The first-order chi connectivity index (χ1) is 7.13. The second-order valence-corrected chi connectivity index (χ2v) is 3.39. The lowest BCUT2D eigenvalue weighted by Gasteiger charge is -2.04. The van der Waals surface area contributed by atoms with E-state index in [4.69, 9.17) is 11.6 Å². The minimum Gasteiger partial charge on any atom is -0.348 e. The van der Waals surface area contributed by atoms with Gasteiger partial charge < -0.3 is 5.32 Å². The zero-order valence-corrected chi connectivity index (χ0v) is 9.01. The van der Waals surface area contributed by atoms with Gasteiger partial charge in [0, 0.05) is 17.1 Å². The first-order valence-electron chi connectivity index (χ1n) is 4.48. The summed E-state index contributed by atoms with van der Waals surface area (Å²) in [6.07, 6.45) is 3.00. The highest BCUT2D eigenvalue weighted by atomic mass is 35.5. The minimum absolute atomic E-state index is 0.159. The maximum absolute atomic E-state index is 13.2. The molecule has 1 aromatic carbocycles. The Hall–Kier alpha value is -1.35. The molecule has 0 heterocycles. The van der Waals surface area contributed by atoms with E-state index in [2.05, 4.69) is 5.32 Å². The Kier molecular flexibility index (Phi) is 4.31. The minimum atomic E-state index is -0.414. The van der Waals surface area contributed by atoms with Crippen LogP contribution in [0.2, 0.25) is 5.02 Å². The van der Waals surface area contributed by atoms with E-state index < -0.39 is 5.82 Å². The lowest BCUT2D eigenvalue weighted by atomic mass is 10.2. The average molecular weight is 228 g/mol. The molecule has 0 spiro atoms. The van der Waals surface area contributed by atoms with Crippen LogP contribution in [0.5, 0.6) is 0 Å². The van der Waals surface area contributed by atoms with Gasteiger partial charge in [0.15, 0.2) is 0 Å². The largest absolute Gasteiger partial charge is 0.348 e. The molecule has 1 N–H and O–H groups in total. The fourth-order valence-corrected chi connectivity index (χ4v) is 1.22. The first kappa shape index (κ1) is 11.7. The van der Waals surface area contributed by atoms with Crippen molar-refractivity contribution in [1.82, 2.24) is 5.32 Å². The molecule has 4 heteroatoms. The van der Waals surface area contributed by atoms with E-state index in [-0.39, 0.29) is 12.5 Å². The number of hydrogen-bond acceptors (Lipinski definition) is 1. The van der Waals surface area contributed by atoms with Gasteiger partial charge in [-0.15, -0.1) is 0 Å². The summed E-state index contributed by atoms with van der Waals surface area (Å²) in [5.74, 6) is -0.657. The molecule has 0 aliphatic carbocycles. The Morgan fingerprint density at radius 3 is 2.93 bits per heavy atom. The maximum Gasteiger partial charge on any atom is 0.243 e. The molecule has 0 radical (unpaired) electrons. The summed E-state index contributed by atoms with van der Waals surface area (Å²) in [4.78, 5) is 11.0. The van der Waals surface area contributed by atoms with Crippen molar-refractivity contribution in [3.05, 3.63) is 46.8 Å². The van der Waals surface area contributed by atoms with E-state index in [9.17, 15) is 9.18 Å². The van der Waals surface area contributed by atoms with Gasteiger partial charge >= 0.3 is 0 Å². The third-order valence-electron chi connectivity index (χ3n) is 1.79. The molecule has 0 aliphatic rings. The predicted octanol–water partition coefficient (Wildman–Crippen LogP) is 2.67. The Bertz CT molecular complexity index is 390. The number of amides is 1. The van der Waals surface area contributed by atoms with Gasteiger partial charge in [-0.1, -0.05) is 23.7 Å². The highest BCUT2D eigenvalue weighted by Gasteiger charge is 2.03. The van der Waals surface area contributed by atoms with Crippen molar-refractivity contribution in [3.8, 4) is 0 Å². The molecule has 0 unspecified atom stereocenters. The van der Waals surface area contributed by atoms with E-state index in [1.54, 1.807) is 25.1 Å². The lowest BCUT2D eigenvalue weighted by Crippen LogP contribution is -2.20.